The zero-order valence-electron chi connectivity index (χ0n) is 16.9. The molecule has 0 bridgehead atoms. The van der Waals surface area contributed by atoms with Crippen molar-refractivity contribution >= 4 is 5.97 Å². The van der Waals surface area contributed by atoms with Gasteiger partial charge in [0.1, 0.15) is 0 Å². The van der Waals surface area contributed by atoms with Gasteiger partial charge in [0.05, 0.1) is 6.61 Å². The van der Waals surface area contributed by atoms with Crippen molar-refractivity contribution in [2.45, 2.75) is 105 Å². The summed E-state index contributed by atoms with van der Waals surface area (Å²) in [6, 6.07) is 0. The first-order chi connectivity index (χ1) is 11.5. The fourth-order valence-corrected chi connectivity index (χ4v) is 3.01. The van der Waals surface area contributed by atoms with E-state index >= 15 is 0 Å². The zero-order valence-corrected chi connectivity index (χ0v) is 16.9. The highest BCUT2D eigenvalue weighted by atomic mass is 16.5. The van der Waals surface area contributed by atoms with Crippen LogP contribution in [0.4, 0.5) is 0 Å². The Balaban J connectivity index is 3.38. The maximum absolute atomic E-state index is 11.2. The second kappa shape index (κ2) is 15.7. The van der Waals surface area contributed by atoms with Crippen LogP contribution in [0.1, 0.15) is 105 Å². The number of unbranched alkanes of at least 4 members (excludes halogenated alkanes) is 6. The lowest BCUT2D eigenvalue weighted by Gasteiger charge is -2.15. The Morgan fingerprint density at radius 2 is 1.33 bits per heavy atom. The minimum absolute atomic E-state index is 0.257. The third kappa shape index (κ3) is 14.8. The molecule has 0 fully saturated rings. The van der Waals surface area contributed by atoms with E-state index in [9.17, 15) is 4.79 Å². The number of esters is 1. The molecule has 142 valence electrons. The maximum Gasteiger partial charge on any atom is 0.333 e. The number of rotatable bonds is 16. The molecule has 2 nitrogen and oxygen atoms in total. The van der Waals surface area contributed by atoms with E-state index < -0.39 is 0 Å². The minimum Gasteiger partial charge on any atom is -0.462 e. The van der Waals surface area contributed by atoms with Crippen LogP contribution in [0.25, 0.3) is 0 Å². The van der Waals surface area contributed by atoms with Crippen molar-refractivity contribution in [2.24, 2.45) is 11.8 Å². The molecule has 0 amide bonds. The van der Waals surface area contributed by atoms with Gasteiger partial charge < -0.3 is 4.74 Å². The molecule has 0 spiro atoms. The fraction of sp³-hybridized carbons (Fsp3) is 0.864. The lowest BCUT2D eigenvalue weighted by Crippen LogP contribution is -2.06. The van der Waals surface area contributed by atoms with Gasteiger partial charge in [-0.05, 0) is 25.2 Å². The largest absolute Gasteiger partial charge is 0.462 e. The Morgan fingerprint density at radius 3 is 1.88 bits per heavy atom. The van der Waals surface area contributed by atoms with E-state index in [1.54, 1.807) is 6.92 Å². The van der Waals surface area contributed by atoms with Gasteiger partial charge in [-0.1, -0.05) is 98.0 Å². The van der Waals surface area contributed by atoms with E-state index in [0.717, 1.165) is 24.7 Å². The minimum atomic E-state index is -0.257. The Kier molecular flexibility index (Phi) is 15.2. The summed E-state index contributed by atoms with van der Waals surface area (Å²) < 4.78 is 5.10. The summed E-state index contributed by atoms with van der Waals surface area (Å²) in [6.45, 7) is 12.9. The van der Waals surface area contributed by atoms with Crippen molar-refractivity contribution in [1.82, 2.24) is 0 Å². The molecule has 2 atom stereocenters. The van der Waals surface area contributed by atoms with Gasteiger partial charge in [-0.3, -0.25) is 0 Å². The van der Waals surface area contributed by atoms with Crippen molar-refractivity contribution in [2.75, 3.05) is 6.61 Å². The predicted octanol–water partition coefficient (Wildman–Crippen LogP) is 7.08. The molecule has 0 heterocycles. The van der Waals surface area contributed by atoms with Crippen molar-refractivity contribution in [1.29, 1.82) is 0 Å². The zero-order chi connectivity index (χ0) is 18.2. The van der Waals surface area contributed by atoms with Gasteiger partial charge in [0.15, 0.2) is 0 Å². The Hall–Kier alpha value is -0.790. The third-order valence-corrected chi connectivity index (χ3v) is 4.88. The normalized spacial score (nSPS) is 13.5. The highest BCUT2D eigenvalue weighted by Gasteiger charge is 2.07. The Labute approximate surface area is 151 Å². The summed E-state index contributed by atoms with van der Waals surface area (Å²) in [5.74, 6) is 1.52. The molecule has 0 saturated carbocycles. The van der Waals surface area contributed by atoms with Crippen molar-refractivity contribution in [3.8, 4) is 0 Å². The topological polar surface area (TPSA) is 26.3 Å². The average Bonchev–Trinajstić information content (AvgIpc) is 2.55. The molecule has 0 N–H and O–H groups in total. The van der Waals surface area contributed by atoms with Crippen LogP contribution in [0.5, 0.6) is 0 Å². The average molecular weight is 339 g/mol. The molecular weight excluding hydrogens is 296 g/mol. The van der Waals surface area contributed by atoms with Crippen LogP contribution in [-0.4, -0.2) is 12.6 Å². The summed E-state index contributed by atoms with van der Waals surface area (Å²) in [5, 5.41) is 0. The van der Waals surface area contributed by atoms with Gasteiger partial charge in [0, 0.05) is 5.57 Å². The van der Waals surface area contributed by atoms with E-state index in [4.69, 9.17) is 4.74 Å². The number of hydrogen-bond donors (Lipinski definition) is 0. The van der Waals surface area contributed by atoms with Crippen LogP contribution in [0.3, 0.4) is 0 Å². The first kappa shape index (κ1) is 23.2. The molecule has 0 aromatic carbocycles. The monoisotopic (exact) mass is 338 g/mol. The van der Waals surface area contributed by atoms with Crippen LogP contribution in [0, 0.1) is 11.8 Å². The first-order valence-corrected chi connectivity index (χ1v) is 10.3. The van der Waals surface area contributed by atoms with Crippen molar-refractivity contribution in [3.05, 3.63) is 12.2 Å². The van der Waals surface area contributed by atoms with Gasteiger partial charge in [0.25, 0.3) is 0 Å². The molecule has 0 radical (unpaired) electrons. The molecule has 2 heteroatoms. The van der Waals surface area contributed by atoms with Gasteiger partial charge >= 0.3 is 5.97 Å². The highest BCUT2D eigenvalue weighted by molar-refractivity contribution is 5.86. The third-order valence-electron chi connectivity index (χ3n) is 4.88. The molecular formula is C22H42O2. The van der Waals surface area contributed by atoms with E-state index in [1.807, 2.05) is 0 Å². The summed E-state index contributed by atoms with van der Waals surface area (Å²) in [6.07, 6.45) is 15.8. The Morgan fingerprint density at radius 1 is 0.833 bits per heavy atom. The number of carbonyl (C=O) groups is 1. The van der Waals surface area contributed by atoms with Crippen LogP contribution >= 0.6 is 0 Å². The highest BCUT2D eigenvalue weighted by Crippen LogP contribution is 2.21. The van der Waals surface area contributed by atoms with Crippen LogP contribution in [0.15, 0.2) is 12.2 Å². The molecule has 0 aliphatic heterocycles. The summed E-state index contributed by atoms with van der Waals surface area (Å²) in [7, 11) is 0. The number of carbonyl (C=O) groups excluding carboxylic acids is 1. The molecule has 0 aliphatic carbocycles. The maximum atomic E-state index is 11.2. The molecule has 0 saturated heterocycles. The van der Waals surface area contributed by atoms with E-state index in [0.29, 0.717) is 12.2 Å². The van der Waals surface area contributed by atoms with Crippen LogP contribution in [0.2, 0.25) is 0 Å². The fourth-order valence-electron chi connectivity index (χ4n) is 3.01. The molecule has 0 rings (SSSR count). The second-order valence-electron chi connectivity index (χ2n) is 7.76. The quantitative estimate of drug-likeness (QED) is 0.171. The van der Waals surface area contributed by atoms with Gasteiger partial charge in [-0.15, -0.1) is 0 Å². The van der Waals surface area contributed by atoms with Gasteiger partial charge in [-0.25, -0.2) is 4.79 Å². The Bertz CT molecular complexity index is 322. The van der Waals surface area contributed by atoms with Gasteiger partial charge in [0.2, 0.25) is 0 Å². The first-order valence-electron chi connectivity index (χ1n) is 10.3. The lowest BCUT2D eigenvalue weighted by molar-refractivity contribution is -0.139. The van der Waals surface area contributed by atoms with Crippen molar-refractivity contribution in [3.63, 3.8) is 0 Å². The molecule has 0 aromatic rings. The van der Waals surface area contributed by atoms with E-state index in [-0.39, 0.29) is 5.97 Å². The lowest BCUT2D eigenvalue weighted by atomic mass is 9.91. The van der Waals surface area contributed by atoms with Crippen LogP contribution in [-0.2, 0) is 9.53 Å². The van der Waals surface area contributed by atoms with Gasteiger partial charge in [-0.2, -0.15) is 0 Å². The number of ether oxygens (including phenoxy) is 1. The predicted molar refractivity (Wildman–Crippen MR) is 105 cm³/mol. The molecule has 24 heavy (non-hydrogen) atoms. The summed E-state index contributed by atoms with van der Waals surface area (Å²) in [5.41, 5.74) is 0.490. The summed E-state index contributed by atoms with van der Waals surface area (Å²) >= 11 is 0. The summed E-state index contributed by atoms with van der Waals surface area (Å²) in [4.78, 5) is 11.2. The molecule has 0 aromatic heterocycles. The smallest absolute Gasteiger partial charge is 0.333 e. The van der Waals surface area contributed by atoms with Crippen molar-refractivity contribution < 1.29 is 9.53 Å². The van der Waals surface area contributed by atoms with Crippen LogP contribution < -0.4 is 0 Å². The standard InChI is InChI=1S/C22H42O2/c1-6-7-11-14-20(4)16-17-21(5)15-12-9-8-10-13-18-24-22(23)19(2)3/h20-21H,2,6-18H2,1,3-5H3. The van der Waals surface area contributed by atoms with E-state index in [2.05, 4.69) is 27.4 Å². The number of hydrogen-bond acceptors (Lipinski definition) is 2. The second-order valence-corrected chi connectivity index (χ2v) is 7.76. The SMILES string of the molecule is C=C(C)C(=O)OCCCCCCCC(C)CCC(C)CCCCC. The molecule has 2 unspecified atom stereocenters. The van der Waals surface area contributed by atoms with E-state index in [1.165, 1.54) is 64.2 Å². The molecule has 0 aliphatic rings.